The van der Waals surface area contributed by atoms with Crippen LogP contribution in [-0.4, -0.2) is 22.4 Å². The average molecular weight is 515 g/mol. The minimum Gasteiger partial charge on any atom is -0.378 e. The molecule has 1 unspecified atom stereocenters. The third-order valence-electron chi connectivity index (χ3n) is 7.57. The van der Waals surface area contributed by atoms with Crippen LogP contribution in [0.2, 0.25) is 0 Å². The second-order valence-electron chi connectivity index (χ2n) is 9.85. The van der Waals surface area contributed by atoms with Crippen LogP contribution >= 0.6 is 0 Å². The minimum atomic E-state index is -1.64. The first kappa shape index (κ1) is 25.2. The molecule has 1 fully saturated rings. The van der Waals surface area contributed by atoms with Gasteiger partial charge in [0.05, 0.1) is 0 Å². The average Bonchev–Trinajstić information content (AvgIpc) is 3.49. The highest BCUT2D eigenvalue weighted by Gasteiger charge is 2.59. The summed E-state index contributed by atoms with van der Waals surface area (Å²) in [6, 6.07) is 47.5. The van der Waals surface area contributed by atoms with Crippen molar-refractivity contribution in [2.75, 3.05) is 0 Å². The molecule has 2 N–H and O–H groups in total. The molecule has 1 heterocycles. The summed E-state index contributed by atoms with van der Waals surface area (Å²) in [5.74, 6) is 0. The normalized spacial score (nSPS) is 19.6. The Morgan fingerprint density at radius 1 is 0.385 bits per heavy atom. The van der Waals surface area contributed by atoms with Gasteiger partial charge in [0.1, 0.15) is 23.4 Å². The van der Waals surface area contributed by atoms with Crippen LogP contribution < -0.4 is 0 Å². The lowest BCUT2D eigenvalue weighted by Gasteiger charge is -2.42. The molecule has 4 heteroatoms. The Morgan fingerprint density at radius 3 is 0.923 bits per heavy atom. The maximum Gasteiger partial charge on any atom is 0.185 e. The molecule has 0 radical (unpaired) electrons. The van der Waals surface area contributed by atoms with Crippen LogP contribution in [0.3, 0.4) is 0 Å². The van der Waals surface area contributed by atoms with Crippen molar-refractivity contribution in [3.63, 3.8) is 0 Å². The van der Waals surface area contributed by atoms with Crippen LogP contribution in [0.5, 0.6) is 0 Å². The number of rotatable bonds is 7. The molecule has 0 aromatic heterocycles. The fraction of sp³-hybridized carbons (Fsp3) is 0.143. The molecule has 5 aromatic carbocycles. The molecule has 1 aliphatic rings. The molecular weight excluding hydrogens is 484 g/mol. The summed E-state index contributed by atoms with van der Waals surface area (Å²) in [5.41, 5.74) is 0.0950. The van der Waals surface area contributed by atoms with Gasteiger partial charge in [0.25, 0.3) is 0 Å². The number of ether oxygens (including phenoxy) is 2. The molecule has 4 nitrogen and oxygen atoms in total. The van der Waals surface area contributed by atoms with E-state index in [4.69, 9.17) is 9.47 Å². The zero-order valence-corrected chi connectivity index (χ0v) is 21.4. The highest BCUT2D eigenvalue weighted by molar-refractivity contribution is 5.43. The van der Waals surface area contributed by atoms with E-state index in [1.54, 1.807) is 0 Å². The van der Waals surface area contributed by atoms with Gasteiger partial charge in [-0.3, -0.25) is 0 Å². The van der Waals surface area contributed by atoms with Gasteiger partial charge >= 0.3 is 0 Å². The molecule has 0 amide bonds. The quantitative estimate of drug-likeness (QED) is 0.266. The lowest BCUT2D eigenvalue weighted by molar-refractivity contribution is -0.110. The van der Waals surface area contributed by atoms with Crippen LogP contribution in [0.1, 0.15) is 34.1 Å². The summed E-state index contributed by atoms with van der Waals surface area (Å²) in [7, 11) is 0. The van der Waals surface area contributed by atoms with Crippen LogP contribution in [0, 0.1) is 0 Å². The van der Waals surface area contributed by atoms with Gasteiger partial charge in [0.15, 0.2) is 6.29 Å². The van der Waals surface area contributed by atoms with Crippen LogP contribution in [-0.2, 0) is 20.7 Å². The molecule has 0 bridgehead atoms. The molecule has 194 valence electrons. The monoisotopic (exact) mass is 514 g/mol. The smallest absolute Gasteiger partial charge is 0.185 e. The second-order valence-corrected chi connectivity index (χ2v) is 9.85. The minimum absolute atomic E-state index is 0.645. The van der Waals surface area contributed by atoms with Crippen molar-refractivity contribution >= 4 is 0 Å². The first-order valence-corrected chi connectivity index (χ1v) is 13.1. The molecule has 1 saturated heterocycles. The summed E-state index contributed by atoms with van der Waals surface area (Å²) in [4.78, 5) is 0. The van der Waals surface area contributed by atoms with Crippen LogP contribution in [0.15, 0.2) is 152 Å². The van der Waals surface area contributed by atoms with Gasteiger partial charge in [-0.15, -0.1) is 0 Å². The highest BCUT2D eigenvalue weighted by Crippen LogP contribution is 2.50. The lowest BCUT2D eigenvalue weighted by Crippen LogP contribution is -2.54. The van der Waals surface area contributed by atoms with Crippen molar-refractivity contribution in [1.29, 1.82) is 0 Å². The predicted molar refractivity (Wildman–Crippen MR) is 151 cm³/mol. The third-order valence-corrected chi connectivity index (χ3v) is 7.57. The molecular formula is C35H30O4. The fourth-order valence-corrected chi connectivity index (χ4v) is 5.60. The Labute approximate surface area is 228 Å². The van der Waals surface area contributed by atoms with E-state index in [1.807, 2.05) is 152 Å². The second kappa shape index (κ2) is 10.6. The van der Waals surface area contributed by atoms with E-state index in [1.165, 1.54) is 0 Å². The SMILES string of the molecule is OC(c1ccccc1)(c1ccccc1)[C@@H]1OC(c2ccccc2)O[C@@H]1C(O)(c1ccccc1)c1ccccc1. The van der Waals surface area contributed by atoms with E-state index >= 15 is 0 Å². The van der Waals surface area contributed by atoms with Crippen molar-refractivity contribution in [2.24, 2.45) is 0 Å². The van der Waals surface area contributed by atoms with Crippen molar-refractivity contribution in [3.8, 4) is 0 Å². The van der Waals surface area contributed by atoms with Crippen molar-refractivity contribution in [3.05, 3.63) is 179 Å². The zero-order chi connectivity index (χ0) is 26.7. The number of aliphatic hydroxyl groups is 2. The van der Waals surface area contributed by atoms with E-state index in [0.29, 0.717) is 22.3 Å². The van der Waals surface area contributed by atoms with Gasteiger partial charge in [-0.1, -0.05) is 152 Å². The Morgan fingerprint density at radius 2 is 0.641 bits per heavy atom. The maximum atomic E-state index is 12.8. The van der Waals surface area contributed by atoms with Crippen LogP contribution in [0.25, 0.3) is 0 Å². The largest absolute Gasteiger partial charge is 0.378 e. The zero-order valence-electron chi connectivity index (χ0n) is 21.4. The Hall–Kier alpha value is -4.06. The van der Waals surface area contributed by atoms with Crippen molar-refractivity contribution in [1.82, 2.24) is 0 Å². The van der Waals surface area contributed by atoms with Gasteiger partial charge in [-0.2, -0.15) is 0 Å². The molecule has 0 aliphatic carbocycles. The van der Waals surface area contributed by atoms with E-state index in [-0.39, 0.29) is 0 Å². The molecule has 0 spiro atoms. The van der Waals surface area contributed by atoms with Gasteiger partial charge in [-0.05, 0) is 22.3 Å². The number of hydrogen-bond donors (Lipinski definition) is 2. The maximum absolute atomic E-state index is 12.8. The Kier molecular flexibility index (Phi) is 6.86. The molecule has 3 atom stereocenters. The van der Waals surface area contributed by atoms with Crippen LogP contribution in [0.4, 0.5) is 0 Å². The summed E-state index contributed by atoms with van der Waals surface area (Å²) in [6.45, 7) is 0. The number of benzene rings is 5. The van der Waals surface area contributed by atoms with E-state index in [0.717, 1.165) is 5.56 Å². The van der Waals surface area contributed by atoms with Gasteiger partial charge in [-0.25, -0.2) is 0 Å². The predicted octanol–water partition coefficient (Wildman–Crippen LogP) is 6.34. The Balaban J connectivity index is 1.59. The topological polar surface area (TPSA) is 58.9 Å². The highest BCUT2D eigenvalue weighted by atomic mass is 16.7. The van der Waals surface area contributed by atoms with Crippen molar-refractivity contribution < 1.29 is 19.7 Å². The van der Waals surface area contributed by atoms with Gasteiger partial charge < -0.3 is 19.7 Å². The summed E-state index contributed by atoms with van der Waals surface area (Å²) in [5, 5.41) is 25.7. The first-order valence-electron chi connectivity index (χ1n) is 13.1. The summed E-state index contributed by atoms with van der Waals surface area (Å²) >= 11 is 0. The van der Waals surface area contributed by atoms with E-state index in [2.05, 4.69) is 0 Å². The fourth-order valence-electron chi connectivity index (χ4n) is 5.60. The Bertz CT molecular complexity index is 1300. The molecule has 0 saturated carbocycles. The lowest BCUT2D eigenvalue weighted by atomic mass is 9.72. The van der Waals surface area contributed by atoms with E-state index < -0.39 is 29.7 Å². The third kappa shape index (κ3) is 4.48. The van der Waals surface area contributed by atoms with E-state index in [9.17, 15) is 10.2 Å². The molecule has 1 aliphatic heterocycles. The van der Waals surface area contributed by atoms with Crippen molar-refractivity contribution in [2.45, 2.75) is 29.7 Å². The molecule has 6 rings (SSSR count). The van der Waals surface area contributed by atoms with Gasteiger partial charge in [0.2, 0.25) is 0 Å². The standard InChI is InChI=1S/C35H30O4/c36-34(27-18-8-2-9-19-27,28-20-10-3-11-21-28)31-32(39-33(38-31)26-16-6-1-7-17-26)35(37,29-22-12-4-13-23-29)30-24-14-5-15-25-30/h1-25,31-33,36-37H/t31-,32+,33?. The first-order chi connectivity index (χ1) is 19.1. The summed E-state index contributed by atoms with van der Waals surface area (Å²) in [6.07, 6.45) is -2.78. The molecule has 39 heavy (non-hydrogen) atoms. The number of hydrogen-bond acceptors (Lipinski definition) is 4. The summed E-state index contributed by atoms with van der Waals surface area (Å²) < 4.78 is 13.4. The molecule has 5 aromatic rings. The van der Waals surface area contributed by atoms with Gasteiger partial charge in [0, 0.05) is 5.56 Å².